The standard InChI is InChI=1S/C18H15FN2O3S/c1-23-17-7-6-12(8-15(17)19)21-18(22)14-4-2-3-5-16(14)24-9-13-10-25-11-20-13/h2-8,10-11H,9H2,1H3,(H,21,22). The van der Waals surface area contributed by atoms with Crippen molar-refractivity contribution in [2.24, 2.45) is 0 Å². The van der Waals surface area contributed by atoms with E-state index in [-0.39, 0.29) is 12.4 Å². The van der Waals surface area contributed by atoms with Crippen molar-refractivity contribution in [1.29, 1.82) is 0 Å². The molecular weight excluding hydrogens is 343 g/mol. The summed E-state index contributed by atoms with van der Waals surface area (Å²) in [5, 5.41) is 4.53. The Balaban J connectivity index is 1.74. The molecule has 1 N–H and O–H groups in total. The minimum atomic E-state index is -0.548. The molecule has 0 saturated carbocycles. The largest absolute Gasteiger partial charge is 0.494 e. The van der Waals surface area contributed by atoms with Gasteiger partial charge < -0.3 is 14.8 Å². The first-order valence-corrected chi connectivity index (χ1v) is 8.35. The fourth-order valence-corrected chi connectivity index (χ4v) is 2.73. The van der Waals surface area contributed by atoms with E-state index in [4.69, 9.17) is 9.47 Å². The van der Waals surface area contributed by atoms with E-state index in [0.29, 0.717) is 17.0 Å². The van der Waals surface area contributed by atoms with Gasteiger partial charge in [0.1, 0.15) is 12.4 Å². The van der Waals surface area contributed by atoms with Gasteiger partial charge in [0.15, 0.2) is 11.6 Å². The number of carbonyl (C=O) groups excluding carboxylic acids is 1. The molecule has 0 aliphatic heterocycles. The van der Waals surface area contributed by atoms with Crippen LogP contribution >= 0.6 is 11.3 Å². The normalized spacial score (nSPS) is 10.3. The van der Waals surface area contributed by atoms with Crippen molar-refractivity contribution >= 4 is 22.9 Å². The van der Waals surface area contributed by atoms with Crippen LogP contribution in [0.15, 0.2) is 53.4 Å². The predicted octanol–water partition coefficient (Wildman–Crippen LogP) is 4.12. The van der Waals surface area contributed by atoms with Gasteiger partial charge in [0.05, 0.1) is 23.9 Å². The Morgan fingerprint density at radius 2 is 2.08 bits per heavy atom. The predicted molar refractivity (Wildman–Crippen MR) is 93.8 cm³/mol. The number of anilines is 1. The molecule has 5 nitrogen and oxygen atoms in total. The Morgan fingerprint density at radius 3 is 2.80 bits per heavy atom. The SMILES string of the molecule is COc1ccc(NC(=O)c2ccccc2OCc2cscn2)cc1F. The topological polar surface area (TPSA) is 60.5 Å². The third kappa shape index (κ3) is 4.13. The van der Waals surface area contributed by atoms with E-state index in [1.54, 1.807) is 35.8 Å². The molecule has 7 heteroatoms. The molecule has 0 aliphatic rings. The van der Waals surface area contributed by atoms with Gasteiger partial charge in [-0.05, 0) is 24.3 Å². The molecule has 0 spiro atoms. The van der Waals surface area contributed by atoms with E-state index >= 15 is 0 Å². The number of ether oxygens (including phenoxy) is 2. The first kappa shape index (κ1) is 16.9. The Morgan fingerprint density at radius 1 is 1.24 bits per heavy atom. The van der Waals surface area contributed by atoms with Gasteiger partial charge in [0.2, 0.25) is 0 Å². The number of aromatic nitrogens is 1. The smallest absolute Gasteiger partial charge is 0.259 e. The Labute approximate surface area is 148 Å². The quantitative estimate of drug-likeness (QED) is 0.720. The fourth-order valence-electron chi connectivity index (χ4n) is 2.18. The van der Waals surface area contributed by atoms with Crippen LogP contribution in [0.4, 0.5) is 10.1 Å². The lowest BCUT2D eigenvalue weighted by atomic mass is 10.2. The second kappa shape index (κ2) is 7.76. The zero-order valence-corrected chi connectivity index (χ0v) is 14.2. The number of halogens is 1. The summed E-state index contributed by atoms with van der Waals surface area (Å²) >= 11 is 1.48. The highest BCUT2D eigenvalue weighted by Gasteiger charge is 2.14. The number of methoxy groups -OCH3 is 1. The third-order valence-electron chi connectivity index (χ3n) is 3.40. The number of thiazole rings is 1. The molecular formula is C18H15FN2O3S. The number of carbonyl (C=O) groups is 1. The van der Waals surface area contributed by atoms with Crippen molar-refractivity contribution in [2.45, 2.75) is 6.61 Å². The van der Waals surface area contributed by atoms with Crippen LogP contribution in [0.3, 0.4) is 0 Å². The maximum atomic E-state index is 13.8. The van der Waals surface area contributed by atoms with Crippen molar-refractivity contribution in [1.82, 2.24) is 4.98 Å². The average Bonchev–Trinajstić information content (AvgIpc) is 3.14. The van der Waals surface area contributed by atoms with Crippen molar-refractivity contribution in [3.8, 4) is 11.5 Å². The fraction of sp³-hybridized carbons (Fsp3) is 0.111. The maximum Gasteiger partial charge on any atom is 0.259 e. The van der Waals surface area contributed by atoms with E-state index in [1.165, 1.54) is 30.6 Å². The summed E-state index contributed by atoms with van der Waals surface area (Å²) < 4.78 is 24.3. The minimum absolute atomic E-state index is 0.116. The van der Waals surface area contributed by atoms with Crippen LogP contribution in [0.2, 0.25) is 0 Å². The summed E-state index contributed by atoms with van der Waals surface area (Å²) in [5.74, 6) is -0.390. The number of nitrogens with one attached hydrogen (secondary N) is 1. The van der Waals surface area contributed by atoms with Crippen LogP contribution < -0.4 is 14.8 Å². The van der Waals surface area contributed by atoms with Crippen LogP contribution in [0.5, 0.6) is 11.5 Å². The van der Waals surface area contributed by atoms with Gasteiger partial charge >= 0.3 is 0 Å². The molecule has 0 bridgehead atoms. The first-order chi connectivity index (χ1) is 12.2. The molecule has 1 heterocycles. The Kier molecular flexibility index (Phi) is 5.25. The van der Waals surface area contributed by atoms with Gasteiger partial charge in [-0.25, -0.2) is 9.37 Å². The van der Waals surface area contributed by atoms with Gasteiger partial charge in [0.25, 0.3) is 5.91 Å². The molecule has 1 aromatic heterocycles. The van der Waals surface area contributed by atoms with Crippen LogP contribution in [-0.4, -0.2) is 18.0 Å². The van der Waals surface area contributed by atoms with Gasteiger partial charge in [-0.1, -0.05) is 12.1 Å². The first-order valence-electron chi connectivity index (χ1n) is 7.41. The van der Waals surface area contributed by atoms with E-state index < -0.39 is 11.7 Å². The van der Waals surface area contributed by atoms with Crippen LogP contribution in [0, 0.1) is 5.82 Å². The Hall–Kier alpha value is -2.93. The van der Waals surface area contributed by atoms with Crippen molar-refractivity contribution < 1.29 is 18.7 Å². The van der Waals surface area contributed by atoms with E-state index in [2.05, 4.69) is 10.3 Å². The summed E-state index contributed by atoms with van der Waals surface area (Å²) in [6, 6.07) is 11.1. The second-order valence-corrected chi connectivity index (χ2v) is 5.79. The van der Waals surface area contributed by atoms with Crippen LogP contribution in [-0.2, 0) is 6.61 Å². The summed E-state index contributed by atoms with van der Waals surface area (Å²) in [7, 11) is 1.38. The molecule has 128 valence electrons. The molecule has 0 saturated heterocycles. The molecule has 25 heavy (non-hydrogen) atoms. The molecule has 2 aromatic carbocycles. The number of hydrogen-bond acceptors (Lipinski definition) is 5. The van der Waals surface area contributed by atoms with Crippen LogP contribution in [0.25, 0.3) is 0 Å². The molecule has 0 aliphatic carbocycles. The summed E-state index contributed by atoms with van der Waals surface area (Å²) in [4.78, 5) is 16.6. The summed E-state index contributed by atoms with van der Waals surface area (Å²) in [6.45, 7) is 0.269. The molecule has 0 radical (unpaired) electrons. The minimum Gasteiger partial charge on any atom is -0.494 e. The van der Waals surface area contributed by atoms with Gasteiger partial charge in [-0.3, -0.25) is 4.79 Å². The molecule has 1 amide bonds. The van der Waals surface area contributed by atoms with Crippen molar-refractivity contribution in [2.75, 3.05) is 12.4 Å². The van der Waals surface area contributed by atoms with E-state index in [9.17, 15) is 9.18 Å². The van der Waals surface area contributed by atoms with Crippen molar-refractivity contribution in [3.05, 3.63) is 70.4 Å². The van der Waals surface area contributed by atoms with Gasteiger partial charge in [0, 0.05) is 17.1 Å². The van der Waals surface area contributed by atoms with E-state index in [0.717, 1.165) is 5.69 Å². The second-order valence-electron chi connectivity index (χ2n) is 5.07. The van der Waals surface area contributed by atoms with Crippen LogP contribution in [0.1, 0.15) is 16.1 Å². The lowest BCUT2D eigenvalue weighted by molar-refractivity contribution is 0.102. The molecule has 3 aromatic rings. The average molecular weight is 358 g/mol. The molecule has 0 fully saturated rings. The lowest BCUT2D eigenvalue weighted by Gasteiger charge is -2.11. The summed E-state index contributed by atoms with van der Waals surface area (Å²) in [5.41, 5.74) is 3.19. The van der Waals surface area contributed by atoms with E-state index in [1.807, 2.05) is 5.38 Å². The molecule has 0 unspecified atom stereocenters. The summed E-state index contributed by atoms with van der Waals surface area (Å²) in [6.07, 6.45) is 0. The maximum absolute atomic E-state index is 13.8. The number of amides is 1. The zero-order valence-electron chi connectivity index (χ0n) is 13.4. The third-order valence-corrected chi connectivity index (χ3v) is 4.04. The number of para-hydroxylation sites is 1. The lowest BCUT2D eigenvalue weighted by Crippen LogP contribution is -2.14. The highest BCUT2D eigenvalue weighted by Crippen LogP contribution is 2.24. The number of rotatable bonds is 6. The van der Waals surface area contributed by atoms with Gasteiger partial charge in [-0.15, -0.1) is 11.3 Å². The monoisotopic (exact) mass is 358 g/mol. The highest BCUT2D eigenvalue weighted by molar-refractivity contribution is 7.07. The number of benzene rings is 2. The molecule has 3 rings (SSSR count). The molecule has 0 atom stereocenters. The highest BCUT2D eigenvalue weighted by atomic mass is 32.1. The van der Waals surface area contributed by atoms with Crippen molar-refractivity contribution in [3.63, 3.8) is 0 Å². The van der Waals surface area contributed by atoms with Gasteiger partial charge in [-0.2, -0.15) is 0 Å². The Bertz CT molecular complexity index is 869. The number of nitrogens with zero attached hydrogens (tertiary/aromatic N) is 1. The number of hydrogen-bond donors (Lipinski definition) is 1. The zero-order chi connectivity index (χ0) is 17.6.